The van der Waals surface area contributed by atoms with Gasteiger partial charge >= 0.3 is 0 Å². The molecule has 27 heavy (non-hydrogen) atoms. The molecule has 0 unspecified atom stereocenters. The Hall–Kier alpha value is -1.52. The van der Waals surface area contributed by atoms with Crippen molar-refractivity contribution in [2.45, 2.75) is 13.0 Å². The fraction of sp³-hybridized carbons (Fsp3) is 0.444. The zero-order chi connectivity index (χ0) is 19.0. The van der Waals surface area contributed by atoms with Crippen molar-refractivity contribution in [3.63, 3.8) is 0 Å². The largest absolute Gasteiger partial charge is 0.492 e. The summed E-state index contributed by atoms with van der Waals surface area (Å²) in [6.07, 6.45) is 0. The van der Waals surface area contributed by atoms with Gasteiger partial charge in [0.1, 0.15) is 5.82 Å². The van der Waals surface area contributed by atoms with Crippen LogP contribution in [0.25, 0.3) is 4.96 Å². The molecule has 0 amide bonds. The number of aryl methyl sites for hydroxylation is 1. The Morgan fingerprint density at radius 1 is 1.19 bits per heavy atom. The smallest absolute Gasteiger partial charge is 0.230 e. The molecule has 3 aromatic rings. The molecule has 4 rings (SSSR count). The summed E-state index contributed by atoms with van der Waals surface area (Å²) in [5, 5.41) is 24.3. The van der Waals surface area contributed by atoms with Gasteiger partial charge in [-0.1, -0.05) is 39.4 Å². The normalized spacial score (nSPS) is 17.6. The first-order valence-electron chi connectivity index (χ1n) is 8.94. The van der Waals surface area contributed by atoms with Gasteiger partial charge in [-0.2, -0.15) is 4.52 Å². The molecule has 1 atom stereocenters. The van der Waals surface area contributed by atoms with E-state index in [2.05, 4.69) is 47.9 Å². The second kappa shape index (κ2) is 7.84. The molecule has 7 nitrogen and oxygen atoms in total. The van der Waals surface area contributed by atoms with Crippen LogP contribution in [-0.4, -0.2) is 73.9 Å². The zero-order valence-electron chi connectivity index (χ0n) is 15.0. The van der Waals surface area contributed by atoms with Crippen LogP contribution < -0.4 is 0 Å². The number of aromatic hydroxyl groups is 1. The van der Waals surface area contributed by atoms with Crippen LogP contribution in [0.4, 0.5) is 0 Å². The molecule has 1 aliphatic heterocycles. The van der Waals surface area contributed by atoms with Crippen LogP contribution in [0.1, 0.15) is 22.3 Å². The van der Waals surface area contributed by atoms with Crippen LogP contribution in [0.15, 0.2) is 28.7 Å². The van der Waals surface area contributed by atoms with E-state index in [1.54, 1.807) is 0 Å². The summed E-state index contributed by atoms with van der Waals surface area (Å²) in [4.78, 5) is 10.6. The third-order valence-electron chi connectivity index (χ3n) is 4.93. The molecule has 0 spiro atoms. The Kier molecular flexibility index (Phi) is 5.47. The summed E-state index contributed by atoms with van der Waals surface area (Å²) in [5.74, 6) is 0.821. The fourth-order valence-electron chi connectivity index (χ4n) is 3.59. The van der Waals surface area contributed by atoms with Crippen molar-refractivity contribution < 1.29 is 10.2 Å². The van der Waals surface area contributed by atoms with Crippen LogP contribution in [0, 0.1) is 6.92 Å². The van der Waals surface area contributed by atoms with Gasteiger partial charge in [-0.05, 0) is 24.6 Å². The lowest BCUT2D eigenvalue weighted by molar-refractivity contribution is 0.0945. The third kappa shape index (κ3) is 3.74. The second-order valence-corrected chi connectivity index (χ2v) is 8.62. The van der Waals surface area contributed by atoms with Gasteiger partial charge in [-0.25, -0.2) is 4.98 Å². The highest BCUT2D eigenvalue weighted by atomic mass is 79.9. The van der Waals surface area contributed by atoms with Crippen LogP contribution in [0.2, 0.25) is 0 Å². The summed E-state index contributed by atoms with van der Waals surface area (Å²) in [6.45, 7) is 6.25. The summed E-state index contributed by atoms with van der Waals surface area (Å²) in [6, 6.07) is 8.19. The molecule has 0 aliphatic carbocycles. The first-order chi connectivity index (χ1) is 13.1. The number of hydrogen-bond donors (Lipinski definition) is 2. The number of halogens is 1. The van der Waals surface area contributed by atoms with E-state index in [0.717, 1.165) is 41.1 Å². The summed E-state index contributed by atoms with van der Waals surface area (Å²) in [5.41, 5.74) is 1.13. The van der Waals surface area contributed by atoms with Crippen molar-refractivity contribution in [3.8, 4) is 5.88 Å². The summed E-state index contributed by atoms with van der Waals surface area (Å²) in [7, 11) is 0. The number of aromatic nitrogens is 3. The molecule has 1 aliphatic rings. The minimum absolute atomic E-state index is 0.0526. The minimum Gasteiger partial charge on any atom is -0.492 e. The van der Waals surface area contributed by atoms with Crippen LogP contribution in [0.3, 0.4) is 0 Å². The van der Waals surface area contributed by atoms with Crippen molar-refractivity contribution in [2.75, 3.05) is 39.3 Å². The predicted octanol–water partition coefficient (Wildman–Crippen LogP) is 2.27. The maximum atomic E-state index is 10.8. The minimum atomic E-state index is -0.0526. The first-order valence-corrected chi connectivity index (χ1v) is 10.6. The molecule has 2 N–H and O–H groups in total. The molecule has 0 bridgehead atoms. The number of fused-ring (bicyclic) bond motifs is 1. The van der Waals surface area contributed by atoms with Crippen LogP contribution in [0.5, 0.6) is 5.88 Å². The quantitative estimate of drug-likeness (QED) is 0.619. The van der Waals surface area contributed by atoms with Crippen LogP contribution in [-0.2, 0) is 0 Å². The SMILES string of the molecule is Cc1nc2sc([C@H](c3ccc(Br)cc3)N3CCN(CCO)CC3)c(O)n2n1. The molecule has 1 aromatic carbocycles. The Bertz CT molecular complexity index is 918. The molecule has 3 heterocycles. The zero-order valence-corrected chi connectivity index (χ0v) is 17.4. The van der Waals surface area contributed by atoms with Gasteiger partial charge in [0.05, 0.1) is 17.5 Å². The molecule has 9 heteroatoms. The lowest BCUT2D eigenvalue weighted by atomic mass is 10.0. The maximum absolute atomic E-state index is 10.8. The molecule has 1 saturated heterocycles. The topological polar surface area (TPSA) is 77.1 Å². The highest BCUT2D eigenvalue weighted by Gasteiger charge is 2.31. The van der Waals surface area contributed by atoms with E-state index in [1.165, 1.54) is 15.9 Å². The van der Waals surface area contributed by atoms with E-state index in [9.17, 15) is 10.2 Å². The average Bonchev–Trinajstić information content (AvgIpc) is 3.16. The van der Waals surface area contributed by atoms with E-state index in [4.69, 9.17) is 0 Å². The number of β-amino-alcohol motifs (C(OH)–C–C–N with tert-alkyl or cyclic N) is 1. The summed E-state index contributed by atoms with van der Waals surface area (Å²) < 4.78 is 2.56. The number of piperazine rings is 1. The van der Waals surface area contributed by atoms with Crippen molar-refractivity contribution in [1.82, 2.24) is 24.4 Å². The second-order valence-electron chi connectivity index (χ2n) is 6.70. The highest BCUT2D eigenvalue weighted by molar-refractivity contribution is 9.10. The lowest BCUT2D eigenvalue weighted by Gasteiger charge is -2.39. The predicted molar refractivity (Wildman–Crippen MR) is 108 cm³/mol. The van der Waals surface area contributed by atoms with Gasteiger partial charge in [0.15, 0.2) is 0 Å². The number of aliphatic hydroxyl groups excluding tert-OH is 1. The van der Waals surface area contributed by atoms with E-state index in [-0.39, 0.29) is 18.5 Å². The number of nitrogens with zero attached hydrogens (tertiary/aromatic N) is 5. The molecule has 2 aromatic heterocycles. The Morgan fingerprint density at radius 3 is 2.52 bits per heavy atom. The van der Waals surface area contributed by atoms with E-state index >= 15 is 0 Å². The van der Waals surface area contributed by atoms with E-state index in [1.807, 2.05) is 19.1 Å². The van der Waals surface area contributed by atoms with Crippen molar-refractivity contribution in [1.29, 1.82) is 0 Å². The first kappa shape index (κ1) is 18.8. The van der Waals surface area contributed by atoms with Gasteiger partial charge < -0.3 is 10.2 Å². The standard InChI is InChI=1S/C18H22BrN5O2S/c1-12-20-18-24(21-12)17(26)16(27-18)15(13-2-4-14(19)5-3-13)23-8-6-22(7-9-23)10-11-25/h2-5,15,25-26H,6-11H2,1H3/t15-/m0/s1. The van der Waals surface area contributed by atoms with Gasteiger partial charge in [-0.15, -0.1) is 5.10 Å². The maximum Gasteiger partial charge on any atom is 0.230 e. The number of thiazole rings is 1. The van der Waals surface area contributed by atoms with Gasteiger partial charge in [0.25, 0.3) is 0 Å². The van der Waals surface area contributed by atoms with Gasteiger partial charge in [0, 0.05) is 37.2 Å². The van der Waals surface area contributed by atoms with E-state index < -0.39 is 0 Å². The van der Waals surface area contributed by atoms with E-state index in [0.29, 0.717) is 17.3 Å². The molecule has 144 valence electrons. The molecule has 1 fully saturated rings. The van der Waals surface area contributed by atoms with Crippen LogP contribution >= 0.6 is 27.3 Å². The Morgan fingerprint density at radius 2 is 1.89 bits per heavy atom. The monoisotopic (exact) mass is 451 g/mol. The Labute approximate surface area is 170 Å². The third-order valence-corrected chi connectivity index (χ3v) is 6.53. The number of benzene rings is 1. The number of hydrogen-bond acceptors (Lipinski definition) is 7. The molecular weight excluding hydrogens is 430 g/mol. The average molecular weight is 452 g/mol. The lowest BCUT2D eigenvalue weighted by Crippen LogP contribution is -2.48. The van der Waals surface area contributed by atoms with Gasteiger partial charge in [-0.3, -0.25) is 9.80 Å². The molecular formula is C18H22BrN5O2S. The van der Waals surface area contributed by atoms with Crippen molar-refractivity contribution in [2.24, 2.45) is 0 Å². The number of rotatable bonds is 5. The number of aliphatic hydroxyl groups is 1. The van der Waals surface area contributed by atoms with Crippen molar-refractivity contribution >= 4 is 32.2 Å². The summed E-state index contributed by atoms with van der Waals surface area (Å²) >= 11 is 4.99. The fourth-order valence-corrected chi connectivity index (χ4v) is 5.01. The Balaban J connectivity index is 1.70. The van der Waals surface area contributed by atoms with Crippen molar-refractivity contribution in [3.05, 3.63) is 45.0 Å². The molecule has 0 radical (unpaired) electrons. The van der Waals surface area contributed by atoms with Gasteiger partial charge in [0.2, 0.25) is 10.8 Å². The highest BCUT2D eigenvalue weighted by Crippen LogP contribution is 2.40. The molecule has 0 saturated carbocycles.